The zero-order valence-corrected chi connectivity index (χ0v) is 9.07. The molecule has 0 N–H and O–H groups in total. The van der Waals surface area contributed by atoms with Gasteiger partial charge in [0, 0.05) is 22.5 Å². The highest BCUT2D eigenvalue weighted by atomic mass is 79.9. The van der Waals surface area contributed by atoms with E-state index < -0.39 is 0 Å². The van der Waals surface area contributed by atoms with Gasteiger partial charge in [-0.2, -0.15) is 0 Å². The maximum atomic E-state index is 3.42. The van der Waals surface area contributed by atoms with Crippen LogP contribution in [0.25, 0.3) is 0 Å². The molecule has 0 saturated carbocycles. The van der Waals surface area contributed by atoms with E-state index in [9.17, 15) is 0 Å². The van der Waals surface area contributed by atoms with Gasteiger partial charge in [-0.3, -0.25) is 0 Å². The minimum Gasteiger partial charge on any atom is -0.246 e. The van der Waals surface area contributed by atoms with E-state index >= 15 is 0 Å². The molecule has 1 saturated heterocycles. The first-order valence-corrected chi connectivity index (χ1v) is 5.60. The minimum absolute atomic E-state index is 1.15. The summed E-state index contributed by atoms with van der Waals surface area (Å²) in [5.74, 6) is 0. The summed E-state index contributed by atoms with van der Waals surface area (Å²) in [5, 5.41) is 0. The monoisotopic (exact) mass is 243 g/mol. The predicted octanol–water partition coefficient (Wildman–Crippen LogP) is 3.16. The Kier molecular flexibility index (Phi) is 2.73. The summed E-state index contributed by atoms with van der Waals surface area (Å²) in [7, 11) is 0. The Balaban J connectivity index is 1.98. The Hall–Kier alpha value is 0.01000. The predicted molar refractivity (Wildman–Crippen MR) is 56.2 cm³/mol. The average Bonchev–Trinajstić information content (AvgIpc) is 2.00. The average molecular weight is 244 g/mol. The van der Waals surface area contributed by atoms with Gasteiger partial charge in [0.25, 0.3) is 0 Å². The zero-order chi connectivity index (χ0) is 8.39. The molecule has 1 aromatic carbocycles. The van der Waals surface area contributed by atoms with E-state index in [2.05, 4.69) is 44.5 Å². The van der Waals surface area contributed by atoms with E-state index in [4.69, 9.17) is 0 Å². The highest BCUT2D eigenvalue weighted by Crippen LogP contribution is 2.27. The summed E-state index contributed by atoms with van der Waals surface area (Å²) >= 11 is 5.27. The third kappa shape index (κ3) is 2.03. The molecule has 3 heteroatoms. The first-order chi connectivity index (χ1) is 5.84. The third-order valence-electron chi connectivity index (χ3n) is 1.86. The lowest BCUT2D eigenvalue weighted by Crippen LogP contribution is -2.30. The van der Waals surface area contributed by atoms with Crippen LogP contribution in [-0.4, -0.2) is 17.4 Å². The van der Waals surface area contributed by atoms with Gasteiger partial charge in [0.2, 0.25) is 0 Å². The molecule has 1 aromatic rings. The molecular formula is C9H10BrNS. The van der Waals surface area contributed by atoms with Crippen molar-refractivity contribution in [2.75, 3.05) is 13.1 Å². The normalized spacial score (nSPS) is 17.4. The van der Waals surface area contributed by atoms with Crippen LogP contribution < -0.4 is 0 Å². The second kappa shape index (κ2) is 3.81. The summed E-state index contributed by atoms with van der Waals surface area (Å²) < 4.78 is 3.53. The number of benzene rings is 1. The van der Waals surface area contributed by atoms with Crippen molar-refractivity contribution in [3.05, 3.63) is 28.7 Å². The van der Waals surface area contributed by atoms with E-state index in [-0.39, 0.29) is 0 Å². The molecule has 1 aliphatic heterocycles. The fourth-order valence-corrected chi connectivity index (χ4v) is 2.28. The van der Waals surface area contributed by atoms with Crippen molar-refractivity contribution in [1.82, 2.24) is 4.31 Å². The van der Waals surface area contributed by atoms with Gasteiger partial charge in [-0.1, -0.05) is 15.9 Å². The van der Waals surface area contributed by atoms with Crippen LogP contribution >= 0.6 is 27.9 Å². The quantitative estimate of drug-likeness (QED) is 0.735. The van der Waals surface area contributed by atoms with E-state index in [1.807, 2.05) is 11.9 Å². The number of rotatable bonds is 2. The van der Waals surface area contributed by atoms with Crippen LogP contribution in [0.4, 0.5) is 0 Å². The standard InChI is InChI=1S/C9H10BrNS/c10-8-2-4-9(5-3-8)12-11-6-1-7-11/h2-5H,1,6-7H2. The van der Waals surface area contributed by atoms with Crippen LogP contribution in [0.5, 0.6) is 0 Å². The fourth-order valence-electron chi connectivity index (χ4n) is 1.02. The summed E-state index contributed by atoms with van der Waals surface area (Å²) in [5.41, 5.74) is 0. The molecule has 1 heterocycles. The van der Waals surface area contributed by atoms with E-state index in [0.29, 0.717) is 0 Å². The van der Waals surface area contributed by atoms with E-state index in [1.54, 1.807) is 0 Å². The van der Waals surface area contributed by atoms with Crippen LogP contribution in [0, 0.1) is 0 Å². The van der Waals surface area contributed by atoms with Gasteiger partial charge in [0.1, 0.15) is 0 Å². The van der Waals surface area contributed by atoms with Gasteiger partial charge in [-0.15, -0.1) is 0 Å². The number of nitrogens with zero attached hydrogens (tertiary/aromatic N) is 1. The van der Waals surface area contributed by atoms with Crippen LogP contribution in [0.15, 0.2) is 33.6 Å². The van der Waals surface area contributed by atoms with Crippen molar-refractivity contribution in [1.29, 1.82) is 0 Å². The summed E-state index contributed by atoms with van der Waals surface area (Å²) in [4.78, 5) is 1.33. The molecule has 64 valence electrons. The molecule has 12 heavy (non-hydrogen) atoms. The largest absolute Gasteiger partial charge is 0.246 e. The lowest BCUT2D eigenvalue weighted by Gasteiger charge is -2.28. The molecule has 1 nitrogen and oxygen atoms in total. The van der Waals surface area contributed by atoms with Gasteiger partial charge < -0.3 is 0 Å². The molecule has 1 aliphatic rings. The van der Waals surface area contributed by atoms with Crippen LogP contribution in [0.1, 0.15) is 6.42 Å². The Morgan fingerprint density at radius 2 is 1.83 bits per heavy atom. The summed E-state index contributed by atoms with van der Waals surface area (Å²) in [6, 6.07) is 8.46. The maximum Gasteiger partial charge on any atom is 0.0231 e. The highest BCUT2D eigenvalue weighted by Gasteiger charge is 2.14. The van der Waals surface area contributed by atoms with E-state index in [1.165, 1.54) is 24.4 Å². The number of hydrogen-bond acceptors (Lipinski definition) is 2. The van der Waals surface area contributed by atoms with Gasteiger partial charge in [-0.05, 0) is 42.6 Å². The van der Waals surface area contributed by atoms with Crippen molar-refractivity contribution in [2.24, 2.45) is 0 Å². The van der Waals surface area contributed by atoms with Crippen LogP contribution in [0.3, 0.4) is 0 Å². The molecule has 0 atom stereocenters. The van der Waals surface area contributed by atoms with Gasteiger partial charge >= 0.3 is 0 Å². The molecule has 1 fully saturated rings. The Bertz CT molecular complexity index is 256. The highest BCUT2D eigenvalue weighted by molar-refractivity contribution is 9.10. The molecule has 2 rings (SSSR count). The fraction of sp³-hybridized carbons (Fsp3) is 0.333. The first kappa shape index (κ1) is 8.60. The van der Waals surface area contributed by atoms with Crippen molar-refractivity contribution in [2.45, 2.75) is 11.3 Å². The first-order valence-electron chi connectivity index (χ1n) is 4.03. The van der Waals surface area contributed by atoms with Gasteiger partial charge in [0.15, 0.2) is 0 Å². The molecule has 0 radical (unpaired) electrons. The smallest absolute Gasteiger partial charge is 0.0231 e. The minimum atomic E-state index is 1.15. The topological polar surface area (TPSA) is 3.24 Å². The van der Waals surface area contributed by atoms with Crippen molar-refractivity contribution in [3.63, 3.8) is 0 Å². The van der Waals surface area contributed by atoms with Crippen molar-refractivity contribution < 1.29 is 0 Å². The summed E-state index contributed by atoms with van der Waals surface area (Å²) in [6.45, 7) is 2.47. The van der Waals surface area contributed by atoms with E-state index in [0.717, 1.165) is 4.47 Å². The summed E-state index contributed by atoms with van der Waals surface area (Å²) in [6.07, 6.45) is 1.35. The number of halogens is 1. The zero-order valence-electron chi connectivity index (χ0n) is 6.66. The Morgan fingerprint density at radius 3 is 2.33 bits per heavy atom. The SMILES string of the molecule is Brc1ccc(SN2CCC2)cc1. The Labute approximate surface area is 85.4 Å². The molecule has 0 amide bonds. The molecule has 0 aliphatic carbocycles. The van der Waals surface area contributed by atoms with Crippen molar-refractivity contribution >= 4 is 27.9 Å². The molecule has 0 spiro atoms. The van der Waals surface area contributed by atoms with Gasteiger partial charge in [0.05, 0.1) is 0 Å². The second-order valence-electron chi connectivity index (χ2n) is 2.83. The second-order valence-corrected chi connectivity index (χ2v) is 4.91. The lowest BCUT2D eigenvalue weighted by molar-refractivity contribution is 0.344. The Morgan fingerprint density at radius 1 is 1.17 bits per heavy atom. The number of hydrogen-bond donors (Lipinski definition) is 0. The van der Waals surface area contributed by atoms with Crippen molar-refractivity contribution in [3.8, 4) is 0 Å². The third-order valence-corrected chi connectivity index (χ3v) is 3.50. The maximum absolute atomic E-state index is 3.42. The molecular weight excluding hydrogens is 234 g/mol. The van der Waals surface area contributed by atoms with Crippen LogP contribution in [-0.2, 0) is 0 Å². The molecule has 0 unspecified atom stereocenters. The molecule has 0 bridgehead atoms. The molecule has 0 aromatic heterocycles. The van der Waals surface area contributed by atoms with Crippen LogP contribution in [0.2, 0.25) is 0 Å². The lowest BCUT2D eigenvalue weighted by atomic mass is 10.3. The van der Waals surface area contributed by atoms with Gasteiger partial charge in [-0.25, -0.2) is 4.31 Å².